The van der Waals surface area contributed by atoms with Gasteiger partial charge in [-0.25, -0.2) is 0 Å². The van der Waals surface area contributed by atoms with Gasteiger partial charge in [-0.15, -0.1) is 0 Å². The minimum Gasteiger partial charge on any atom is -0.393 e. The van der Waals surface area contributed by atoms with E-state index in [2.05, 4.69) is 24.3 Å². The maximum absolute atomic E-state index is 10.0. The molecule has 1 atom stereocenters. The highest BCUT2D eigenvalue weighted by Gasteiger charge is 2.17. The Bertz CT molecular complexity index is 317. The molecule has 0 radical (unpaired) electrons. The van der Waals surface area contributed by atoms with Crippen LogP contribution in [0.25, 0.3) is 0 Å². The number of aliphatic hydroxyl groups excluding tert-OH is 1. The summed E-state index contributed by atoms with van der Waals surface area (Å²) < 4.78 is 5.34. The minimum atomic E-state index is -0.128. The Hall–Kier alpha value is -0.860. The van der Waals surface area contributed by atoms with Crippen molar-refractivity contribution in [1.29, 1.82) is 0 Å². The minimum absolute atomic E-state index is 0.128. The Morgan fingerprint density at radius 1 is 1.17 bits per heavy atom. The van der Waals surface area contributed by atoms with E-state index in [9.17, 15) is 5.11 Å². The van der Waals surface area contributed by atoms with Crippen LogP contribution in [0.1, 0.15) is 37.7 Å². The second-order valence-corrected chi connectivity index (χ2v) is 5.32. The van der Waals surface area contributed by atoms with E-state index in [1.54, 1.807) is 0 Å². The van der Waals surface area contributed by atoms with Gasteiger partial charge >= 0.3 is 0 Å². The number of rotatable bonds is 6. The van der Waals surface area contributed by atoms with E-state index < -0.39 is 0 Å². The Labute approximate surface area is 110 Å². The zero-order valence-corrected chi connectivity index (χ0v) is 11.1. The van der Waals surface area contributed by atoms with Crippen LogP contribution in [0.3, 0.4) is 0 Å². The van der Waals surface area contributed by atoms with Crippen LogP contribution < -0.4 is 0 Å². The summed E-state index contributed by atoms with van der Waals surface area (Å²) in [5.41, 5.74) is 1.37. The van der Waals surface area contributed by atoms with E-state index in [1.165, 1.54) is 5.56 Å². The fourth-order valence-electron chi connectivity index (χ4n) is 2.67. The maximum Gasteiger partial charge on any atom is 0.0543 e. The second kappa shape index (κ2) is 7.55. The van der Waals surface area contributed by atoms with Crippen molar-refractivity contribution in [3.05, 3.63) is 35.9 Å². The molecule has 100 valence electrons. The predicted octanol–water partition coefficient (Wildman–Crippen LogP) is 3.19. The van der Waals surface area contributed by atoms with Gasteiger partial charge in [-0.2, -0.15) is 0 Å². The smallest absolute Gasteiger partial charge is 0.0543 e. The van der Waals surface area contributed by atoms with E-state index in [0.29, 0.717) is 5.92 Å². The van der Waals surface area contributed by atoms with Gasteiger partial charge in [0.15, 0.2) is 0 Å². The number of hydrogen-bond acceptors (Lipinski definition) is 2. The van der Waals surface area contributed by atoms with Crippen molar-refractivity contribution < 1.29 is 9.84 Å². The zero-order chi connectivity index (χ0) is 12.6. The quantitative estimate of drug-likeness (QED) is 0.837. The first-order chi connectivity index (χ1) is 8.84. The standard InChI is InChI=1S/C16H24O2/c17-16(13-15-9-11-18-12-10-15)8-4-7-14-5-2-1-3-6-14/h1-3,5-6,15-17H,4,7-13H2. The number of benzene rings is 1. The van der Waals surface area contributed by atoms with Crippen LogP contribution in [0.4, 0.5) is 0 Å². The predicted molar refractivity (Wildman–Crippen MR) is 73.5 cm³/mol. The molecule has 1 saturated heterocycles. The molecule has 0 aliphatic carbocycles. The summed E-state index contributed by atoms with van der Waals surface area (Å²) in [6.07, 6.45) is 6.15. The normalized spacial score (nSPS) is 18.7. The molecule has 0 aromatic heterocycles. The van der Waals surface area contributed by atoms with Gasteiger partial charge in [-0.3, -0.25) is 0 Å². The van der Waals surface area contributed by atoms with E-state index in [0.717, 1.165) is 51.7 Å². The molecule has 2 heteroatoms. The molecule has 2 nitrogen and oxygen atoms in total. The van der Waals surface area contributed by atoms with E-state index in [4.69, 9.17) is 4.74 Å². The topological polar surface area (TPSA) is 29.5 Å². The second-order valence-electron chi connectivity index (χ2n) is 5.32. The summed E-state index contributed by atoms with van der Waals surface area (Å²) in [5.74, 6) is 0.672. The maximum atomic E-state index is 10.0. The number of aliphatic hydroxyl groups is 1. The SMILES string of the molecule is OC(CCCc1ccccc1)CC1CCOCC1. The third-order valence-corrected chi connectivity index (χ3v) is 3.79. The van der Waals surface area contributed by atoms with E-state index >= 15 is 0 Å². The number of hydrogen-bond donors (Lipinski definition) is 1. The fraction of sp³-hybridized carbons (Fsp3) is 0.625. The molecule has 18 heavy (non-hydrogen) atoms. The molecule has 0 spiro atoms. The first kappa shape index (κ1) is 13.6. The summed E-state index contributed by atoms with van der Waals surface area (Å²) in [6.45, 7) is 1.75. The van der Waals surface area contributed by atoms with Gasteiger partial charge in [0, 0.05) is 13.2 Å². The van der Waals surface area contributed by atoms with Gasteiger partial charge in [0.2, 0.25) is 0 Å². The largest absolute Gasteiger partial charge is 0.393 e. The molecule has 0 amide bonds. The molecular weight excluding hydrogens is 224 g/mol. The highest BCUT2D eigenvalue weighted by atomic mass is 16.5. The molecule has 1 aromatic rings. The lowest BCUT2D eigenvalue weighted by Crippen LogP contribution is -2.21. The van der Waals surface area contributed by atoms with Crippen molar-refractivity contribution >= 4 is 0 Å². The summed E-state index contributed by atoms with van der Waals surface area (Å²) in [4.78, 5) is 0. The summed E-state index contributed by atoms with van der Waals surface area (Å²) in [5, 5.41) is 10.0. The van der Waals surface area contributed by atoms with Crippen LogP contribution in [0.2, 0.25) is 0 Å². The van der Waals surface area contributed by atoms with Gasteiger partial charge in [-0.1, -0.05) is 30.3 Å². The van der Waals surface area contributed by atoms with Crippen molar-refractivity contribution in [2.24, 2.45) is 5.92 Å². The molecule has 1 aliphatic heterocycles. The van der Waals surface area contributed by atoms with Crippen LogP contribution in [0.5, 0.6) is 0 Å². The molecule has 1 unspecified atom stereocenters. The first-order valence-electron chi connectivity index (χ1n) is 7.14. The average Bonchev–Trinajstić information content (AvgIpc) is 2.41. The van der Waals surface area contributed by atoms with Gasteiger partial charge in [0.25, 0.3) is 0 Å². The van der Waals surface area contributed by atoms with Gasteiger partial charge in [0.1, 0.15) is 0 Å². The van der Waals surface area contributed by atoms with Gasteiger partial charge < -0.3 is 9.84 Å². The highest BCUT2D eigenvalue weighted by Crippen LogP contribution is 2.22. The Morgan fingerprint density at radius 2 is 1.89 bits per heavy atom. The Balaban J connectivity index is 1.61. The summed E-state index contributed by atoms with van der Waals surface area (Å²) in [7, 11) is 0. The molecule has 0 bridgehead atoms. The van der Waals surface area contributed by atoms with E-state index in [1.807, 2.05) is 6.07 Å². The van der Waals surface area contributed by atoms with E-state index in [-0.39, 0.29) is 6.10 Å². The van der Waals surface area contributed by atoms with Gasteiger partial charge in [-0.05, 0) is 50.0 Å². The zero-order valence-electron chi connectivity index (χ0n) is 11.1. The lowest BCUT2D eigenvalue weighted by atomic mass is 9.91. The molecular formula is C16H24O2. The van der Waals surface area contributed by atoms with Crippen LogP contribution in [-0.2, 0) is 11.2 Å². The number of aryl methyl sites for hydroxylation is 1. The molecule has 1 aromatic carbocycles. The van der Waals surface area contributed by atoms with Crippen molar-refractivity contribution in [2.75, 3.05) is 13.2 Å². The molecule has 1 fully saturated rings. The molecule has 2 rings (SSSR count). The lowest BCUT2D eigenvalue weighted by Gasteiger charge is -2.24. The molecule has 1 aliphatic rings. The molecule has 1 N–H and O–H groups in total. The van der Waals surface area contributed by atoms with Crippen LogP contribution in [-0.4, -0.2) is 24.4 Å². The number of ether oxygens (including phenoxy) is 1. The fourth-order valence-corrected chi connectivity index (χ4v) is 2.67. The lowest BCUT2D eigenvalue weighted by molar-refractivity contribution is 0.0417. The van der Waals surface area contributed by atoms with Crippen LogP contribution in [0, 0.1) is 5.92 Å². The third-order valence-electron chi connectivity index (χ3n) is 3.79. The van der Waals surface area contributed by atoms with Gasteiger partial charge in [0.05, 0.1) is 6.10 Å². The monoisotopic (exact) mass is 248 g/mol. The molecule has 0 saturated carbocycles. The third kappa shape index (κ3) is 4.79. The van der Waals surface area contributed by atoms with Crippen molar-refractivity contribution in [1.82, 2.24) is 0 Å². The Kier molecular flexibility index (Phi) is 5.69. The highest BCUT2D eigenvalue weighted by molar-refractivity contribution is 5.14. The summed E-state index contributed by atoms with van der Waals surface area (Å²) >= 11 is 0. The molecule has 1 heterocycles. The van der Waals surface area contributed by atoms with Crippen molar-refractivity contribution in [3.8, 4) is 0 Å². The average molecular weight is 248 g/mol. The van der Waals surface area contributed by atoms with Crippen LogP contribution in [0.15, 0.2) is 30.3 Å². The van der Waals surface area contributed by atoms with Crippen LogP contribution >= 0.6 is 0 Å². The first-order valence-corrected chi connectivity index (χ1v) is 7.14. The van der Waals surface area contributed by atoms with Crippen molar-refractivity contribution in [3.63, 3.8) is 0 Å². The summed E-state index contributed by atoms with van der Waals surface area (Å²) in [6, 6.07) is 10.5. The van der Waals surface area contributed by atoms with Crippen molar-refractivity contribution in [2.45, 2.75) is 44.6 Å². The Morgan fingerprint density at radius 3 is 2.61 bits per heavy atom.